The number of amides is 2. The van der Waals surface area contributed by atoms with Crippen molar-refractivity contribution in [3.63, 3.8) is 0 Å². The summed E-state index contributed by atoms with van der Waals surface area (Å²) in [6, 6.07) is 23.8. The van der Waals surface area contributed by atoms with Crippen molar-refractivity contribution in [2.24, 2.45) is 0 Å². The largest absolute Gasteiger partial charge is 0.496 e. The number of hydrogen-bond acceptors (Lipinski definition) is 4. The Morgan fingerprint density at radius 2 is 1.50 bits per heavy atom. The Bertz CT molecular complexity index is 1030. The first-order chi connectivity index (χ1) is 14.7. The Balaban J connectivity index is 1.58. The lowest BCUT2D eigenvalue weighted by molar-refractivity contribution is -0.117. The summed E-state index contributed by atoms with van der Waals surface area (Å²) in [6.07, 6.45) is 2.92. The highest BCUT2D eigenvalue weighted by atomic mass is 16.5. The highest BCUT2D eigenvalue weighted by Crippen LogP contribution is 2.20. The van der Waals surface area contributed by atoms with E-state index >= 15 is 0 Å². The predicted molar refractivity (Wildman–Crippen MR) is 115 cm³/mol. The van der Waals surface area contributed by atoms with Gasteiger partial charge in [-0.15, -0.1) is 0 Å². The third-order valence-electron chi connectivity index (χ3n) is 4.22. The van der Waals surface area contributed by atoms with Crippen LogP contribution in [0.5, 0.6) is 11.5 Å². The molecule has 3 rings (SSSR count). The van der Waals surface area contributed by atoms with Crippen molar-refractivity contribution in [3.8, 4) is 11.5 Å². The van der Waals surface area contributed by atoms with E-state index in [0.29, 0.717) is 23.7 Å². The number of hydrogen-bond donors (Lipinski definition) is 2. The van der Waals surface area contributed by atoms with Gasteiger partial charge in [0.15, 0.2) is 0 Å². The van der Waals surface area contributed by atoms with E-state index in [4.69, 9.17) is 9.47 Å². The average Bonchev–Trinajstić information content (AvgIpc) is 2.80. The SMILES string of the molecule is COc1ccccc1/C=C/C(=O)NNC(=O)c1ccccc1OCc1ccccc1. The zero-order valence-corrected chi connectivity index (χ0v) is 16.5. The van der Waals surface area contributed by atoms with Gasteiger partial charge in [-0.3, -0.25) is 20.4 Å². The molecule has 0 bridgehead atoms. The molecule has 0 saturated heterocycles. The number of rotatable bonds is 7. The Morgan fingerprint density at radius 3 is 2.27 bits per heavy atom. The maximum absolute atomic E-state index is 12.5. The highest BCUT2D eigenvalue weighted by molar-refractivity contribution is 5.99. The average molecular weight is 402 g/mol. The Labute approximate surface area is 175 Å². The molecule has 0 radical (unpaired) electrons. The third kappa shape index (κ3) is 5.72. The number of ether oxygens (including phenoxy) is 2. The second-order valence-corrected chi connectivity index (χ2v) is 6.29. The van der Waals surface area contributed by atoms with Crippen LogP contribution in [0.1, 0.15) is 21.5 Å². The predicted octanol–water partition coefficient (Wildman–Crippen LogP) is 3.75. The maximum Gasteiger partial charge on any atom is 0.273 e. The van der Waals surface area contributed by atoms with Gasteiger partial charge in [-0.05, 0) is 29.8 Å². The topological polar surface area (TPSA) is 76.7 Å². The summed E-state index contributed by atoms with van der Waals surface area (Å²) in [5.41, 5.74) is 6.83. The number of carbonyl (C=O) groups is 2. The first kappa shape index (κ1) is 20.7. The fourth-order valence-corrected chi connectivity index (χ4v) is 2.71. The molecule has 3 aromatic rings. The molecule has 0 saturated carbocycles. The second-order valence-electron chi connectivity index (χ2n) is 6.29. The molecular weight excluding hydrogens is 380 g/mol. The zero-order valence-electron chi connectivity index (χ0n) is 16.5. The third-order valence-corrected chi connectivity index (χ3v) is 4.22. The van der Waals surface area contributed by atoms with E-state index in [1.807, 2.05) is 48.5 Å². The summed E-state index contributed by atoms with van der Waals surface area (Å²) in [4.78, 5) is 24.6. The van der Waals surface area contributed by atoms with Crippen LogP contribution in [0.2, 0.25) is 0 Å². The zero-order chi connectivity index (χ0) is 21.2. The van der Waals surface area contributed by atoms with Crippen molar-refractivity contribution in [1.82, 2.24) is 10.9 Å². The van der Waals surface area contributed by atoms with Crippen LogP contribution in [-0.4, -0.2) is 18.9 Å². The van der Waals surface area contributed by atoms with E-state index in [2.05, 4.69) is 10.9 Å². The summed E-state index contributed by atoms with van der Waals surface area (Å²) in [5, 5.41) is 0. The van der Waals surface area contributed by atoms with Gasteiger partial charge in [-0.1, -0.05) is 60.7 Å². The maximum atomic E-state index is 12.5. The summed E-state index contributed by atoms with van der Waals surface area (Å²) in [5.74, 6) is 0.127. The summed E-state index contributed by atoms with van der Waals surface area (Å²) in [6.45, 7) is 0.332. The van der Waals surface area contributed by atoms with Crippen molar-refractivity contribution in [2.75, 3.05) is 7.11 Å². The van der Waals surface area contributed by atoms with Crippen LogP contribution in [-0.2, 0) is 11.4 Å². The molecule has 6 nitrogen and oxygen atoms in total. The number of hydrazine groups is 1. The molecule has 30 heavy (non-hydrogen) atoms. The van der Waals surface area contributed by atoms with Gasteiger partial charge in [-0.25, -0.2) is 0 Å². The van der Waals surface area contributed by atoms with Gasteiger partial charge in [0.2, 0.25) is 0 Å². The van der Waals surface area contributed by atoms with Crippen molar-refractivity contribution >= 4 is 17.9 Å². The standard InChI is InChI=1S/C24H22N2O4/c1-29-21-13-7-5-11-19(21)15-16-23(27)25-26-24(28)20-12-6-8-14-22(20)30-17-18-9-3-2-4-10-18/h2-16H,17H2,1H3,(H,25,27)(H,26,28)/b16-15+. The lowest BCUT2D eigenvalue weighted by Crippen LogP contribution is -2.40. The van der Waals surface area contributed by atoms with Crippen LogP contribution >= 0.6 is 0 Å². The van der Waals surface area contributed by atoms with Gasteiger partial charge in [0, 0.05) is 11.6 Å². The van der Waals surface area contributed by atoms with Gasteiger partial charge < -0.3 is 9.47 Å². The fraction of sp³-hybridized carbons (Fsp3) is 0.0833. The normalized spacial score (nSPS) is 10.4. The van der Waals surface area contributed by atoms with E-state index < -0.39 is 11.8 Å². The number of methoxy groups -OCH3 is 1. The molecular formula is C24H22N2O4. The number of carbonyl (C=O) groups excluding carboxylic acids is 2. The van der Waals surface area contributed by atoms with Crippen LogP contribution in [0, 0.1) is 0 Å². The van der Waals surface area contributed by atoms with Crippen molar-refractivity contribution in [1.29, 1.82) is 0 Å². The number of benzene rings is 3. The van der Waals surface area contributed by atoms with Crippen LogP contribution in [0.3, 0.4) is 0 Å². The molecule has 152 valence electrons. The van der Waals surface area contributed by atoms with E-state index in [1.54, 1.807) is 43.5 Å². The Kier molecular flexibility index (Phi) is 7.22. The van der Waals surface area contributed by atoms with Crippen LogP contribution in [0.15, 0.2) is 84.9 Å². The van der Waals surface area contributed by atoms with Crippen molar-refractivity contribution in [2.45, 2.75) is 6.61 Å². The molecule has 0 atom stereocenters. The Hall–Kier alpha value is -4.06. The molecule has 6 heteroatoms. The van der Waals surface area contributed by atoms with Crippen LogP contribution < -0.4 is 20.3 Å². The molecule has 3 aromatic carbocycles. The molecule has 0 aliphatic rings. The molecule has 0 aliphatic heterocycles. The molecule has 0 aliphatic carbocycles. The minimum Gasteiger partial charge on any atom is -0.496 e. The van der Waals surface area contributed by atoms with Gasteiger partial charge in [0.25, 0.3) is 11.8 Å². The highest BCUT2D eigenvalue weighted by Gasteiger charge is 2.12. The van der Waals surface area contributed by atoms with Crippen molar-refractivity contribution in [3.05, 3.63) is 102 Å². The lowest BCUT2D eigenvalue weighted by Gasteiger charge is -2.12. The smallest absolute Gasteiger partial charge is 0.273 e. The van der Waals surface area contributed by atoms with Gasteiger partial charge in [0.05, 0.1) is 12.7 Å². The fourth-order valence-electron chi connectivity index (χ4n) is 2.71. The summed E-state index contributed by atoms with van der Waals surface area (Å²) in [7, 11) is 1.56. The van der Waals surface area contributed by atoms with Crippen molar-refractivity contribution < 1.29 is 19.1 Å². The van der Waals surface area contributed by atoms with E-state index in [0.717, 1.165) is 11.1 Å². The molecule has 0 heterocycles. The quantitative estimate of drug-likeness (QED) is 0.466. The van der Waals surface area contributed by atoms with Gasteiger partial charge in [-0.2, -0.15) is 0 Å². The molecule has 2 amide bonds. The van der Waals surface area contributed by atoms with E-state index in [9.17, 15) is 9.59 Å². The molecule has 0 unspecified atom stereocenters. The minimum atomic E-state index is -0.475. The molecule has 0 spiro atoms. The van der Waals surface area contributed by atoms with Crippen LogP contribution in [0.25, 0.3) is 6.08 Å². The number of nitrogens with one attached hydrogen (secondary N) is 2. The van der Waals surface area contributed by atoms with Crippen LogP contribution in [0.4, 0.5) is 0 Å². The summed E-state index contributed by atoms with van der Waals surface area (Å²) >= 11 is 0. The number of para-hydroxylation sites is 2. The minimum absolute atomic E-state index is 0.322. The molecule has 0 fully saturated rings. The first-order valence-corrected chi connectivity index (χ1v) is 9.34. The van der Waals surface area contributed by atoms with Gasteiger partial charge >= 0.3 is 0 Å². The monoisotopic (exact) mass is 402 g/mol. The molecule has 2 N–H and O–H groups in total. The Morgan fingerprint density at radius 1 is 0.833 bits per heavy atom. The van der Waals surface area contributed by atoms with E-state index in [1.165, 1.54) is 6.08 Å². The lowest BCUT2D eigenvalue weighted by atomic mass is 10.2. The molecule has 0 aromatic heterocycles. The van der Waals surface area contributed by atoms with Gasteiger partial charge in [0.1, 0.15) is 18.1 Å². The second kappa shape index (κ2) is 10.5. The first-order valence-electron chi connectivity index (χ1n) is 9.34. The van der Waals surface area contributed by atoms with E-state index in [-0.39, 0.29) is 0 Å². The summed E-state index contributed by atoms with van der Waals surface area (Å²) < 4.78 is 11.0.